The van der Waals surface area contributed by atoms with E-state index in [0.717, 1.165) is 23.1 Å². The molecule has 0 saturated carbocycles. The molecule has 0 aliphatic rings. The first-order chi connectivity index (χ1) is 7.59. The summed E-state index contributed by atoms with van der Waals surface area (Å²) < 4.78 is 5.52. The van der Waals surface area contributed by atoms with Crippen LogP contribution in [-0.2, 0) is 16.1 Å². The van der Waals surface area contributed by atoms with E-state index in [1.807, 2.05) is 11.4 Å². The van der Waals surface area contributed by atoms with Crippen molar-refractivity contribution >= 4 is 23.4 Å². The monoisotopic (exact) mass is 240 g/mol. The molecule has 0 radical (unpaired) electrons. The molecule has 1 heterocycles. The quantitative estimate of drug-likeness (QED) is 0.777. The number of thiophene rings is 1. The highest BCUT2D eigenvalue weighted by Crippen LogP contribution is 2.19. The predicted octanol–water partition coefficient (Wildman–Crippen LogP) is 3.02. The van der Waals surface area contributed by atoms with E-state index >= 15 is 0 Å². The Kier molecular flexibility index (Phi) is 5.22. The summed E-state index contributed by atoms with van der Waals surface area (Å²) in [4.78, 5) is 11.5. The summed E-state index contributed by atoms with van der Waals surface area (Å²) in [7, 11) is 0. The summed E-state index contributed by atoms with van der Waals surface area (Å²) in [6, 6.07) is 1.90. The highest BCUT2D eigenvalue weighted by molar-refractivity contribution is 7.10. The van der Waals surface area contributed by atoms with Gasteiger partial charge in [0.25, 0.3) is 0 Å². The Labute approximate surface area is 99.4 Å². The Hall–Kier alpha value is -1.13. The van der Waals surface area contributed by atoms with Gasteiger partial charge < -0.3 is 9.84 Å². The third-order valence-corrected chi connectivity index (χ3v) is 2.78. The maximum absolute atomic E-state index is 10.4. The van der Waals surface area contributed by atoms with Gasteiger partial charge in [0.05, 0.1) is 6.61 Å². The van der Waals surface area contributed by atoms with Crippen LogP contribution in [0.2, 0.25) is 0 Å². The second-order valence-corrected chi connectivity index (χ2v) is 4.88. The lowest BCUT2D eigenvalue weighted by Crippen LogP contribution is -2.01. The van der Waals surface area contributed by atoms with Gasteiger partial charge in [-0.1, -0.05) is 13.8 Å². The van der Waals surface area contributed by atoms with Gasteiger partial charge in [0.15, 0.2) is 0 Å². The zero-order valence-corrected chi connectivity index (χ0v) is 10.3. The topological polar surface area (TPSA) is 46.5 Å². The first-order valence-electron chi connectivity index (χ1n) is 5.14. The van der Waals surface area contributed by atoms with Gasteiger partial charge in [-0.25, -0.2) is 4.79 Å². The lowest BCUT2D eigenvalue weighted by atomic mass is 10.2. The van der Waals surface area contributed by atoms with Crippen LogP contribution < -0.4 is 0 Å². The minimum Gasteiger partial charge on any atom is -0.478 e. The van der Waals surface area contributed by atoms with Crippen molar-refractivity contribution in [3.8, 4) is 0 Å². The van der Waals surface area contributed by atoms with Crippen molar-refractivity contribution in [1.29, 1.82) is 0 Å². The fourth-order valence-corrected chi connectivity index (χ4v) is 1.97. The van der Waals surface area contributed by atoms with E-state index in [9.17, 15) is 4.79 Å². The molecule has 0 aliphatic heterocycles. The minimum atomic E-state index is -0.930. The van der Waals surface area contributed by atoms with Crippen LogP contribution in [0.15, 0.2) is 17.5 Å². The molecule has 4 heteroatoms. The van der Waals surface area contributed by atoms with Crippen LogP contribution in [0, 0.1) is 5.92 Å². The molecule has 3 nitrogen and oxygen atoms in total. The lowest BCUT2D eigenvalue weighted by Gasteiger charge is -2.05. The molecule has 1 N–H and O–H groups in total. The van der Waals surface area contributed by atoms with Crippen LogP contribution in [0.3, 0.4) is 0 Å². The lowest BCUT2D eigenvalue weighted by molar-refractivity contribution is -0.131. The third kappa shape index (κ3) is 4.59. The molecule has 0 bridgehead atoms. The molecular weight excluding hydrogens is 224 g/mol. The number of carbonyl (C=O) groups is 1. The molecular formula is C12H16O3S. The Morgan fingerprint density at radius 3 is 3.00 bits per heavy atom. The summed E-state index contributed by atoms with van der Waals surface area (Å²) in [5.41, 5.74) is 0.927. The summed E-state index contributed by atoms with van der Waals surface area (Å²) >= 11 is 1.58. The normalized spacial score (nSPS) is 11.4. The number of hydrogen-bond donors (Lipinski definition) is 1. The average Bonchev–Trinajstić information content (AvgIpc) is 2.62. The van der Waals surface area contributed by atoms with Crippen molar-refractivity contribution in [2.45, 2.75) is 20.5 Å². The number of carboxylic acid groups (broad SMARTS) is 1. The smallest absolute Gasteiger partial charge is 0.328 e. The number of ether oxygens (including phenoxy) is 1. The van der Waals surface area contributed by atoms with E-state index in [-0.39, 0.29) is 0 Å². The second kappa shape index (κ2) is 6.45. The minimum absolute atomic E-state index is 0.512. The van der Waals surface area contributed by atoms with Crippen LogP contribution in [0.4, 0.5) is 0 Å². The Bertz CT molecular complexity index is 366. The molecule has 0 unspecified atom stereocenters. The van der Waals surface area contributed by atoms with Gasteiger partial charge in [0.1, 0.15) is 0 Å². The van der Waals surface area contributed by atoms with Crippen molar-refractivity contribution in [2.24, 2.45) is 5.92 Å². The second-order valence-electron chi connectivity index (χ2n) is 3.88. The average molecular weight is 240 g/mol. The van der Waals surface area contributed by atoms with Crippen LogP contribution >= 0.6 is 11.3 Å². The highest BCUT2D eigenvalue weighted by Gasteiger charge is 2.03. The van der Waals surface area contributed by atoms with Crippen molar-refractivity contribution in [3.05, 3.63) is 28.0 Å². The first kappa shape index (κ1) is 12.9. The number of aliphatic carboxylic acids is 1. The largest absolute Gasteiger partial charge is 0.478 e. The molecule has 16 heavy (non-hydrogen) atoms. The van der Waals surface area contributed by atoms with Gasteiger partial charge in [-0.15, -0.1) is 11.3 Å². The van der Waals surface area contributed by atoms with Crippen LogP contribution in [0.1, 0.15) is 24.3 Å². The van der Waals surface area contributed by atoms with Gasteiger partial charge in [-0.2, -0.15) is 0 Å². The summed E-state index contributed by atoms with van der Waals surface area (Å²) in [6.07, 6.45) is 2.75. The summed E-state index contributed by atoms with van der Waals surface area (Å²) in [6.45, 7) is 5.47. The fraction of sp³-hybridized carbons (Fsp3) is 0.417. The van der Waals surface area contributed by atoms with E-state index in [1.165, 1.54) is 0 Å². The fourth-order valence-electron chi connectivity index (χ4n) is 1.16. The first-order valence-corrected chi connectivity index (χ1v) is 6.02. The van der Waals surface area contributed by atoms with Crippen LogP contribution in [0.25, 0.3) is 6.08 Å². The van der Waals surface area contributed by atoms with E-state index < -0.39 is 5.97 Å². The summed E-state index contributed by atoms with van der Waals surface area (Å²) in [5.74, 6) is -0.418. The molecule has 1 rings (SSSR count). The molecule has 88 valence electrons. The maximum Gasteiger partial charge on any atom is 0.328 e. The molecule has 0 saturated heterocycles. The van der Waals surface area contributed by atoms with Gasteiger partial charge in [-0.05, 0) is 29.0 Å². The highest BCUT2D eigenvalue weighted by atomic mass is 32.1. The number of hydrogen-bond acceptors (Lipinski definition) is 3. The van der Waals surface area contributed by atoms with E-state index in [0.29, 0.717) is 12.5 Å². The SMILES string of the molecule is CC(C)COCc1sccc1C=CC(=O)O. The zero-order chi connectivity index (χ0) is 12.0. The Morgan fingerprint density at radius 1 is 1.62 bits per heavy atom. The van der Waals surface area contributed by atoms with Crippen LogP contribution in [-0.4, -0.2) is 17.7 Å². The number of rotatable bonds is 6. The molecule has 1 aromatic heterocycles. The van der Waals surface area contributed by atoms with Gasteiger partial charge in [0, 0.05) is 17.6 Å². The summed E-state index contributed by atoms with van der Waals surface area (Å²) in [5, 5.41) is 10.5. The molecule has 0 atom stereocenters. The van der Waals surface area contributed by atoms with Crippen molar-refractivity contribution in [2.75, 3.05) is 6.61 Å². The van der Waals surface area contributed by atoms with Crippen molar-refractivity contribution in [1.82, 2.24) is 0 Å². The third-order valence-electron chi connectivity index (χ3n) is 1.87. The van der Waals surface area contributed by atoms with E-state index in [2.05, 4.69) is 13.8 Å². The maximum atomic E-state index is 10.4. The van der Waals surface area contributed by atoms with E-state index in [4.69, 9.17) is 9.84 Å². The molecule has 0 fully saturated rings. The molecule has 0 amide bonds. The molecule has 1 aromatic rings. The predicted molar refractivity (Wildman–Crippen MR) is 65.5 cm³/mol. The van der Waals surface area contributed by atoms with Gasteiger partial charge in [-0.3, -0.25) is 0 Å². The van der Waals surface area contributed by atoms with Crippen molar-refractivity contribution < 1.29 is 14.6 Å². The zero-order valence-electron chi connectivity index (χ0n) is 9.47. The molecule has 0 aromatic carbocycles. The molecule has 0 aliphatic carbocycles. The van der Waals surface area contributed by atoms with Crippen LogP contribution in [0.5, 0.6) is 0 Å². The Morgan fingerprint density at radius 2 is 2.38 bits per heavy atom. The standard InChI is InChI=1S/C12H16O3S/c1-9(2)7-15-8-11-10(5-6-16-11)3-4-12(13)14/h3-6,9H,7-8H2,1-2H3,(H,13,14). The van der Waals surface area contributed by atoms with E-state index in [1.54, 1.807) is 17.4 Å². The Balaban J connectivity index is 2.53. The van der Waals surface area contributed by atoms with Gasteiger partial charge >= 0.3 is 5.97 Å². The number of carboxylic acids is 1. The molecule has 0 spiro atoms. The van der Waals surface area contributed by atoms with Crippen molar-refractivity contribution in [3.63, 3.8) is 0 Å². The van der Waals surface area contributed by atoms with Gasteiger partial charge in [0.2, 0.25) is 0 Å².